The monoisotopic (exact) mass is 305 g/mol. The second-order valence-electron chi connectivity index (χ2n) is 6.80. The van der Waals surface area contributed by atoms with Crippen molar-refractivity contribution in [3.63, 3.8) is 0 Å². The van der Waals surface area contributed by atoms with Gasteiger partial charge in [0.1, 0.15) is 6.61 Å². The summed E-state index contributed by atoms with van der Waals surface area (Å²) in [6, 6.07) is 8.22. The largest absolute Gasteiger partial charge is 0.464 e. The molecule has 0 unspecified atom stereocenters. The van der Waals surface area contributed by atoms with Crippen LogP contribution >= 0.6 is 0 Å². The van der Waals surface area contributed by atoms with Gasteiger partial charge in [-0.2, -0.15) is 0 Å². The first-order valence-electron chi connectivity index (χ1n) is 8.00. The van der Waals surface area contributed by atoms with Crippen LogP contribution in [0.1, 0.15) is 31.9 Å². The van der Waals surface area contributed by atoms with Crippen LogP contribution in [0.15, 0.2) is 24.3 Å². The van der Waals surface area contributed by atoms with Crippen molar-refractivity contribution in [1.82, 2.24) is 4.90 Å². The number of hydrogen-bond acceptors (Lipinski definition) is 4. The molecule has 122 valence electrons. The maximum absolute atomic E-state index is 11.9. The Labute approximate surface area is 133 Å². The molecule has 1 aliphatic rings. The molecular weight excluding hydrogens is 278 g/mol. The Balaban J connectivity index is 1.72. The van der Waals surface area contributed by atoms with Gasteiger partial charge in [0.05, 0.1) is 19.6 Å². The molecular formula is C18H27NO3. The number of ether oxygens (including phenoxy) is 2. The Morgan fingerprint density at radius 1 is 1.18 bits per heavy atom. The zero-order valence-corrected chi connectivity index (χ0v) is 13.9. The van der Waals surface area contributed by atoms with Crippen molar-refractivity contribution in [3.05, 3.63) is 35.4 Å². The summed E-state index contributed by atoms with van der Waals surface area (Å²) in [7, 11) is 0. The molecule has 0 aliphatic carbocycles. The highest BCUT2D eigenvalue weighted by molar-refractivity contribution is 5.72. The molecule has 0 N–H and O–H groups in total. The predicted molar refractivity (Wildman–Crippen MR) is 87.1 cm³/mol. The van der Waals surface area contributed by atoms with E-state index in [-0.39, 0.29) is 11.4 Å². The van der Waals surface area contributed by atoms with E-state index in [1.807, 2.05) is 12.1 Å². The molecule has 22 heavy (non-hydrogen) atoms. The van der Waals surface area contributed by atoms with Crippen LogP contribution in [-0.2, 0) is 26.1 Å². The second-order valence-corrected chi connectivity index (χ2v) is 6.80. The molecule has 1 saturated heterocycles. The topological polar surface area (TPSA) is 38.8 Å². The lowest BCUT2D eigenvalue weighted by molar-refractivity contribution is -0.143. The van der Waals surface area contributed by atoms with Crippen LogP contribution in [0.2, 0.25) is 0 Å². The summed E-state index contributed by atoms with van der Waals surface area (Å²) in [5.74, 6) is -0.156. The van der Waals surface area contributed by atoms with E-state index < -0.39 is 0 Å². The molecule has 1 fully saturated rings. The van der Waals surface area contributed by atoms with Gasteiger partial charge in [0.25, 0.3) is 0 Å². The van der Waals surface area contributed by atoms with E-state index in [2.05, 4.69) is 37.8 Å². The summed E-state index contributed by atoms with van der Waals surface area (Å²) in [5, 5.41) is 0. The van der Waals surface area contributed by atoms with Crippen molar-refractivity contribution in [1.29, 1.82) is 0 Å². The van der Waals surface area contributed by atoms with Crippen LogP contribution in [-0.4, -0.2) is 50.3 Å². The molecule has 0 atom stereocenters. The van der Waals surface area contributed by atoms with Crippen LogP contribution in [0.3, 0.4) is 0 Å². The number of hydrogen-bond donors (Lipinski definition) is 0. The van der Waals surface area contributed by atoms with Gasteiger partial charge in [-0.05, 0) is 16.5 Å². The normalized spacial score (nSPS) is 16.5. The highest BCUT2D eigenvalue weighted by atomic mass is 16.5. The number of benzene rings is 1. The Bertz CT molecular complexity index is 470. The number of carbonyl (C=O) groups is 1. The molecule has 4 heteroatoms. The van der Waals surface area contributed by atoms with Gasteiger partial charge in [-0.1, -0.05) is 45.0 Å². The van der Waals surface area contributed by atoms with E-state index in [1.54, 1.807) is 0 Å². The highest BCUT2D eigenvalue weighted by Gasteiger charge is 2.14. The average molecular weight is 305 g/mol. The highest BCUT2D eigenvalue weighted by Crippen LogP contribution is 2.22. The summed E-state index contributed by atoms with van der Waals surface area (Å²) in [6.45, 7) is 11.2. The van der Waals surface area contributed by atoms with E-state index in [0.29, 0.717) is 13.0 Å². The van der Waals surface area contributed by atoms with Crippen LogP contribution < -0.4 is 0 Å². The fourth-order valence-electron chi connectivity index (χ4n) is 2.45. The van der Waals surface area contributed by atoms with Gasteiger partial charge in [0.15, 0.2) is 0 Å². The Morgan fingerprint density at radius 2 is 1.82 bits per heavy atom. The fraction of sp³-hybridized carbons (Fsp3) is 0.611. The summed E-state index contributed by atoms with van der Waals surface area (Å²) in [6.07, 6.45) is 0.341. The van der Waals surface area contributed by atoms with Gasteiger partial charge in [-0.15, -0.1) is 0 Å². The maximum Gasteiger partial charge on any atom is 0.310 e. The van der Waals surface area contributed by atoms with E-state index in [1.165, 1.54) is 5.56 Å². The van der Waals surface area contributed by atoms with E-state index in [0.717, 1.165) is 38.4 Å². The van der Waals surface area contributed by atoms with Crippen molar-refractivity contribution < 1.29 is 14.3 Å². The van der Waals surface area contributed by atoms with E-state index in [4.69, 9.17) is 9.47 Å². The molecule has 0 bridgehead atoms. The smallest absolute Gasteiger partial charge is 0.310 e. The standard InChI is InChI=1S/C18H27NO3/c1-18(2,3)16-6-4-15(5-7-16)14-17(20)22-13-10-19-8-11-21-12-9-19/h4-7H,8-14H2,1-3H3. The first-order chi connectivity index (χ1) is 10.4. The van der Waals surface area contributed by atoms with Crippen molar-refractivity contribution >= 4 is 5.97 Å². The van der Waals surface area contributed by atoms with Crippen LogP contribution in [0, 0.1) is 0 Å². The first kappa shape index (κ1) is 17.0. The van der Waals surface area contributed by atoms with Gasteiger partial charge in [-0.3, -0.25) is 9.69 Å². The SMILES string of the molecule is CC(C)(C)c1ccc(CC(=O)OCCN2CCOCC2)cc1. The quantitative estimate of drug-likeness (QED) is 0.783. The van der Waals surface area contributed by atoms with Crippen LogP contribution in [0.25, 0.3) is 0 Å². The summed E-state index contributed by atoms with van der Waals surface area (Å²) < 4.78 is 10.6. The van der Waals surface area contributed by atoms with Crippen molar-refractivity contribution in [2.75, 3.05) is 39.5 Å². The van der Waals surface area contributed by atoms with Crippen molar-refractivity contribution in [2.45, 2.75) is 32.6 Å². The summed E-state index contributed by atoms with van der Waals surface area (Å²) in [4.78, 5) is 14.1. The van der Waals surface area contributed by atoms with Gasteiger partial charge in [0.2, 0.25) is 0 Å². The third kappa shape index (κ3) is 5.43. The third-order valence-corrected chi connectivity index (χ3v) is 3.94. The minimum Gasteiger partial charge on any atom is -0.464 e. The van der Waals surface area contributed by atoms with E-state index in [9.17, 15) is 4.79 Å². The molecule has 1 aromatic rings. The predicted octanol–water partition coefficient (Wildman–Crippen LogP) is 2.40. The van der Waals surface area contributed by atoms with Crippen LogP contribution in [0.5, 0.6) is 0 Å². The Morgan fingerprint density at radius 3 is 2.41 bits per heavy atom. The molecule has 1 aromatic carbocycles. The zero-order chi connectivity index (χ0) is 16.0. The molecule has 0 radical (unpaired) electrons. The average Bonchev–Trinajstić information content (AvgIpc) is 2.48. The molecule has 0 aromatic heterocycles. The zero-order valence-electron chi connectivity index (χ0n) is 13.9. The fourth-order valence-corrected chi connectivity index (χ4v) is 2.45. The lowest BCUT2D eigenvalue weighted by Gasteiger charge is -2.26. The molecule has 1 aliphatic heterocycles. The summed E-state index contributed by atoms with van der Waals surface area (Å²) in [5.41, 5.74) is 2.42. The van der Waals surface area contributed by atoms with Crippen molar-refractivity contribution in [2.24, 2.45) is 0 Å². The Hall–Kier alpha value is -1.39. The van der Waals surface area contributed by atoms with Gasteiger partial charge in [0, 0.05) is 19.6 Å². The number of rotatable bonds is 5. The Kier molecular flexibility index (Phi) is 5.98. The van der Waals surface area contributed by atoms with Crippen molar-refractivity contribution in [3.8, 4) is 0 Å². The minimum atomic E-state index is -0.156. The maximum atomic E-state index is 11.9. The molecule has 0 amide bonds. The minimum absolute atomic E-state index is 0.136. The summed E-state index contributed by atoms with van der Waals surface area (Å²) >= 11 is 0. The molecule has 1 heterocycles. The lowest BCUT2D eigenvalue weighted by Crippen LogP contribution is -2.38. The van der Waals surface area contributed by atoms with Crippen LogP contribution in [0.4, 0.5) is 0 Å². The molecule has 4 nitrogen and oxygen atoms in total. The number of morpholine rings is 1. The van der Waals surface area contributed by atoms with E-state index >= 15 is 0 Å². The number of esters is 1. The van der Waals surface area contributed by atoms with Gasteiger partial charge in [-0.25, -0.2) is 0 Å². The number of nitrogens with zero attached hydrogens (tertiary/aromatic N) is 1. The molecule has 0 spiro atoms. The molecule has 0 saturated carbocycles. The lowest BCUT2D eigenvalue weighted by atomic mass is 9.86. The first-order valence-corrected chi connectivity index (χ1v) is 8.00. The van der Waals surface area contributed by atoms with Gasteiger partial charge >= 0.3 is 5.97 Å². The molecule has 2 rings (SSSR count). The second kappa shape index (κ2) is 7.75. The number of carbonyl (C=O) groups excluding carboxylic acids is 1. The van der Waals surface area contributed by atoms with Gasteiger partial charge < -0.3 is 9.47 Å². The third-order valence-electron chi connectivity index (χ3n) is 3.94.